The third kappa shape index (κ3) is 4.52. The maximum atomic E-state index is 13.5. The number of aromatic nitrogens is 4. The highest BCUT2D eigenvalue weighted by Crippen LogP contribution is 2.24. The number of hydrogen-bond acceptors (Lipinski definition) is 7. The molecule has 2 heterocycles. The zero-order valence-electron chi connectivity index (χ0n) is 16.2. The van der Waals surface area contributed by atoms with Gasteiger partial charge in [-0.05, 0) is 34.7 Å². The molecular formula is C19H17ClFN7O3. The summed E-state index contributed by atoms with van der Waals surface area (Å²) in [5, 5.41) is 22.8. The van der Waals surface area contributed by atoms with Gasteiger partial charge in [-0.15, -0.1) is 5.10 Å². The van der Waals surface area contributed by atoms with Gasteiger partial charge in [0.2, 0.25) is 0 Å². The predicted molar refractivity (Wildman–Crippen MR) is 108 cm³/mol. The van der Waals surface area contributed by atoms with Gasteiger partial charge in [0, 0.05) is 38.3 Å². The van der Waals surface area contributed by atoms with E-state index < -0.39 is 4.92 Å². The minimum absolute atomic E-state index is 0.111. The molecule has 160 valence electrons. The zero-order valence-corrected chi connectivity index (χ0v) is 16.9. The van der Waals surface area contributed by atoms with Crippen LogP contribution in [0, 0.1) is 15.9 Å². The average Bonchev–Trinajstić information content (AvgIpc) is 3.22. The van der Waals surface area contributed by atoms with Crippen LogP contribution in [-0.4, -0.2) is 67.0 Å². The fourth-order valence-corrected chi connectivity index (χ4v) is 3.58. The fraction of sp³-hybridized carbons (Fsp3) is 0.263. The van der Waals surface area contributed by atoms with Crippen LogP contribution >= 0.6 is 11.6 Å². The number of nitro benzene ring substituents is 1. The van der Waals surface area contributed by atoms with Gasteiger partial charge in [0.05, 0.1) is 27.7 Å². The van der Waals surface area contributed by atoms with Gasteiger partial charge < -0.3 is 4.90 Å². The fourth-order valence-electron chi connectivity index (χ4n) is 3.38. The Kier molecular flexibility index (Phi) is 5.87. The van der Waals surface area contributed by atoms with Gasteiger partial charge in [-0.2, -0.15) is 4.68 Å². The summed E-state index contributed by atoms with van der Waals surface area (Å²) in [6, 6.07) is 9.80. The monoisotopic (exact) mass is 445 g/mol. The highest BCUT2D eigenvalue weighted by molar-refractivity contribution is 6.33. The Morgan fingerprint density at radius 2 is 1.94 bits per heavy atom. The molecule has 10 nitrogen and oxygen atoms in total. The van der Waals surface area contributed by atoms with Gasteiger partial charge >= 0.3 is 0 Å². The summed E-state index contributed by atoms with van der Waals surface area (Å²) in [5.41, 5.74) is 0.448. The van der Waals surface area contributed by atoms with Crippen LogP contribution in [0.15, 0.2) is 42.5 Å². The molecular weight excluding hydrogens is 429 g/mol. The van der Waals surface area contributed by atoms with E-state index >= 15 is 0 Å². The van der Waals surface area contributed by atoms with Gasteiger partial charge in [0.25, 0.3) is 11.6 Å². The van der Waals surface area contributed by atoms with Crippen molar-refractivity contribution in [2.75, 3.05) is 26.2 Å². The number of piperazine rings is 1. The summed E-state index contributed by atoms with van der Waals surface area (Å²) in [6.07, 6.45) is 0. The lowest BCUT2D eigenvalue weighted by atomic mass is 10.1. The van der Waals surface area contributed by atoms with Gasteiger partial charge in [-0.1, -0.05) is 17.7 Å². The minimum atomic E-state index is -0.562. The second-order valence-corrected chi connectivity index (χ2v) is 7.38. The summed E-state index contributed by atoms with van der Waals surface area (Å²) in [6.45, 7) is 2.35. The first-order chi connectivity index (χ1) is 14.9. The number of nitro groups is 1. The number of rotatable bonds is 5. The summed E-state index contributed by atoms with van der Waals surface area (Å²) in [7, 11) is 0. The summed E-state index contributed by atoms with van der Waals surface area (Å²) < 4.78 is 15.0. The molecule has 3 aromatic rings. The minimum Gasteiger partial charge on any atom is -0.336 e. The Labute approximate surface area is 181 Å². The van der Waals surface area contributed by atoms with Crippen LogP contribution in [0.25, 0.3) is 5.69 Å². The molecule has 1 fully saturated rings. The molecule has 1 amide bonds. The van der Waals surface area contributed by atoms with Crippen LogP contribution in [0.5, 0.6) is 0 Å². The van der Waals surface area contributed by atoms with E-state index in [-0.39, 0.29) is 28.0 Å². The Balaban J connectivity index is 1.41. The van der Waals surface area contributed by atoms with E-state index in [4.69, 9.17) is 11.6 Å². The Hall–Kier alpha value is -3.44. The Morgan fingerprint density at radius 1 is 1.16 bits per heavy atom. The average molecular weight is 446 g/mol. The lowest BCUT2D eigenvalue weighted by Gasteiger charge is -2.34. The molecule has 1 aliphatic heterocycles. The molecule has 1 saturated heterocycles. The van der Waals surface area contributed by atoms with E-state index in [0.717, 1.165) is 0 Å². The predicted octanol–water partition coefficient (Wildman–Crippen LogP) is 2.32. The van der Waals surface area contributed by atoms with Crippen molar-refractivity contribution in [2.24, 2.45) is 0 Å². The molecule has 0 atom stereocenters. The standard InChI is InChI=1S/C19H17ClFN7O3/c20-17-5-4-15(28(30)31)11-16(17)19(29)26-8-6-25(7-9-26)12-18-22-23-24-27(18)14-3-1-2-13(21)10-14/h1-5,10-11H,6-9,12H2. The van der Waals surface area contributed by atoms with Gasteiger partial charge in [-0.3, -0.25) is 19.8 Å². The van der Waals surface area contributed by atoms with Crippen LogP contribution < -0.4 is 0 Å². The number of hydrogen-bond donors (Lipinski definition) is 0. The smallest absolute Gasteiger partial charge is 0.270 e. The third-order valence-corrected chi connectivity index (χ3v) is 5.33. The van der Waals surface area contributed by atoms with E-state index in [1.165, 1.54) is 35.0 Å². The number of nitrogens with zero attached hydrogens (tertiary/aromatic N) is 7. The largest absolute Gasteiger partial charge is 0.336 e. The SMILES string of the molecule is O=C(c1cc([N+](=O)[O-])ccc1Cl)N1CCN(Cc2nnnn2-c2cccc(F)c2)CC1. The van der Waals surface area contributed by atoms with Crippen molar-refractivity contribution >= 4 is 23.2 Å². The lowest BCUT2D eigenvalue weighted by molar-refractivity contribution is -0.384. The zero-order chi connectivity index (χ0) is 22.0. The molecule has 31 heavy (non-hydrogen) atoms. The van der Waals surface area contributed by atoms with Crippen molar-refractivity contribution in [3.8, 4) is 5.69 Å². The molecule has 1 aromatic heterocycles. The third-order valence-electron chi connectivity index (χ3n) is 5.00. The van der Waals surface area contributed by atoms with Crippen LogP contribution in [0.2, 0.25) is 5.02 Å². The van der Waals surface area contributed by atoms with Crippen molar-refractivity contribution in [3.05, 3.63) is 74.8 Å². The summed E-state index contributed by atoms with van der Waals surface area (Å²) in [5.74, 6) is -0.184. The van der Waals surface area contributed by atoms with E-state index in [2.05, 4.69) is 20.4 Å². The van der Waals surface area contributed by atoms with Crippen LogP contribution in [-0.2, 0) is 6.54 Å². The topological polar surface area (TPSA) is 110 Å². The maximum Gasteiger partial charge on any atom is 0.270 e. The molecule has 0 unspecified atom stereocenters. The lowest BCUT2D eigenvalue weighted by Crippen LogP contribution is -2.48. The van der Waals surface area contributed by atoms with Crippen LogP contribution in [0.4, 0.5) is 10.1 Å². The van der Waals surface area contributed by atoms with E-state index in [9.17, 15) is 19.3 Å². The molecule has 0 radical (unpaired) electrons. The number of benzene rings is 2. The molecule has 1 aliphatic rings. The number of halogens is 2. The number of tetrazole rings is 1. The number of amides is 1. The first kappa shape index (κ1) is 20.8. The van der Waals surface area contributed by atoms with Crippen molar-refractivity contribution in [2.45, 2.75) is 6.54 Å². The highest BCUT2D eigenvalue weighted by atomic mass is 35.5. The summed E-state index contributed by atoms with van der Waals surface area (Å²) in [4.78, 5) is 26.9. The van der Waals surface area contributed by atoms with Crippen molar-refractivity contribution in [1.82, 2.24) is 30.0 Å². The molecule has 0 bridgehead atoms. The molecule has 0 N–H and O–H groups in total. The molecule has 0 spiro atoms. The van der Waals surface area contributed by atoms with Gasteiger partial charge in [0.1, 0.15) is 5.82 Å². The van der Waals surface area contributed by atoms with E-state index in [0.29, 0.717) is 44.2 Å². The van der Waals surface area contributed by atoms with Gasteiger partial charge in [0.15, 0.2) is 5.82 Å². The summed E-state index contributed by atoms with van der Waals surface area (Å²) >= 11 is 6.09. The molecule has 4 rings (SSSR count). The van der Waals surface area contributed by atoms with Crippen molar-refractivity contribution in [1.29, 1.82) is 0 Å². The quantitative estimate of drug-likeness (QED) is 0.437. The van der Waals surface area contributed by atoms with E-state index in [1.807, 2.05) is 0 Å². The first-order valence-electron chi connectivity index (χ1n) is 9.41. The molecule has 0 saturated carbocycles. The highest BCUT2D eigenvalue weighted by Gasteiger charge is 2.26. The first-order valence-corrected chi connectivity index (χ1v) is 9.79. The number of non-ortho nitro benzene ring substituents is 1. The Morgan fingerprint density at radius 3 is 2.65 bits per heavy atom. The second kappa shape index (κ2) is 8.74. The number of carbonyl (C=O) groups is 1. The molecule has 12 heteroatoms. The van der Waals surface area contributed by atoms with Crippen LogP contribution in [0.1, 0.15) is 16.2 Å². The van der Waals surface area contributed by atoms with Crippen LogP contribution in [0.3, 0.4) is 0 Å². The van der Waals surface area contributed by atoms with Gasteiger partial charge in [-0.25, -0.2) is 4.39 Å². The maximum absolute atomic E-state index is 13.5. The van der Waals surface area contributed by atoms with Crippen molar-refractivity contribution in [3.63, 3.8) is 0 Å². The number of carbonyl (C=O) groups excluding carboxylic acids is 1. The molecule has 0 aliphatic carbocycles. The van der Waals surface area contributed by atoms with E-state index in [1.54, 1.807) is 17.0 Å². The molecule has 2 aromatic carbocycles. The Bertz CT molecular complexity index is 1130. The normalized spacial score (nSPS) is 14.6. The van der Waals surface area contributed by atoms with Crippen molar-refractivity contribution < 1.29 is 14.1 Å². The second-order valence-electron chi connectivity index (χ2n) is 6.98.